The van der Waals surface area contributed by atoms with Crippen LogP contribution in [0.1, 0.15) is 32.5 Å². The largest absolute Gasteiger partial charge is 0.493 e. The van der Waals surface area contributed by atoms with Crippen molar-refractivity contribution in [1.82, 2.24) is 10.2 Å². The molecule has 140 valence electrons. The maximum atomic E-state index is 15.2. The van der Waals surface area contributed by atoms with Crippen LogP contribution in [-0.2, 0) is 4.74 Å². The summed E-state index contributed by atoms with van der Waals surface area (Å²) < 4.78 is 52.6. The summed E-state index contributed by atoms with van der Waals surface area (Å²) in [5, 5.41) is 3.00. The highest BCUT2D eigenvalue weighted by atomic mass is 19.2. The van der Waals surface area contributed by atoms with E-state index >= 15 is 4.39 Å². The molecule has 0 aromatic heterocycles. The van der Waals surface area contributed by atoms with Gasteiger partial charge in [-0.25, -0.2) is 13.6 Å². The van der Waals surface area contributed by atoms with E-state index in [2.05, 4.69) is 5.32 Å². The van der Waals surface area contributed by atoms with Crippen LogP contribution in [0.5, 0.6) is 5.75 Å². The summed E-state index contributed by atoms with van der Waals surface area (Å²) in [4.78, 5) is 13.7. The van der Waals surface area contributed by atoms with Crippen molar-refractivity contribution in [1.29, 1.82) is 0 Å². The molecule has 2 unspecified atom stereocenters. The molecule has 0 saturated carbocycles. The van der Waals surface area contributed by atoms with Crippen molar-refractivity contribution in [3.63, 3.8) is 0 Å². The van der Waals surface area contributed by atoms with E-state index in [1.807, 2.05) is 0 Å². The van der Waals surface area contributed by atoms with Crippen molar-refractivity contribution < 1.29 is 27.4 Å². The summed E-state index contributed by atoms with van der Waals surface area (Å²) in [6.07, 6.45) is -2.42. The number of piperazine rings is 1. The number of ether oxygens (including phenoxy) is 2. The molecule has 8 heteroatoms. The Morgan fingerprint density at radius 3 is 2.64 bits per heavy atom. The molecule has 2 rings (SSSR count). The van der Waals surface area contributed by atoms with E-state index in [1.54, 1.807) is 20.8 Å². The molecule has 1 fully saturated rings. The van der Waals surface area contributed by atoms with Crippen molar-refractivity contribution in [2.45, 2.75) is 38.6 Å². The zero-order chi connectivity index (χ0) is 18.8. The van der Waals surface area contributed by atoms with Crippen LogP contribution in [0.2, 0.25) is 0 Å². The predicted octanol–water partition coefficient (Wildman–Crippen LogP) is 3.19. The van der Waals surface area contributed by atoms with E-state index in [-0.39, 0.29) is 18.7 Å². The molecule has 1 heterocycles. The number of rotatable bonds is 3. The number of hydrogen-bond acceptors (Lipinski definition) is 4. The Labute approximate surface area is 145 Å². The normalized spacial score (nSPS) is 19.5. The number of carbonyl (C=O) groups excluding carboxylic acids is 1. The van der Waals surface area contributed by atoms with Gasteiger partial charge in [0.25, 0.3) is 0 Å². The van der Waals surface area contributed by atoms with Gasteiger partial charge in [0.2, 0.25) is 5.82 Å². The van der Waals surface area contributed by atoms with Crippen molar-refractivity contribution >= 4 is 6.09 Å². The fourth-order valence-electron chi connectivity index (χ4n) is 2.71. The molecule has 1 N–H and O–H groups in total. The fourth-order valence-corrected chi connectivity index (χ4v) is 2.71. The van der Waals surface area contributed by atoms with E-state index in [0.29, 0.717) is 6.54 Å². The molecule has 1 saturated heterocycles. The summed E-state index contributed by atoms with van der Waals surface area (Å²) in [5.74, 6) is -2.88. The third-order valence-corrected chi connectivity index (χ3v) is 3.83. The third-order valence-electron chi connectivity index (χ3n) is 3.83. The van der Waals surface area contributed by atoms with Gasteiger partial charge in [0.05, 0.1) is 13.2 Å². The van der Waals surface area contributed by atoms with Crippen LogP contribution in [0.3, 0.4) is 0 Å². The van der Waals surface area contributed by atoms with E-state index in [9.17, 15) is 13.6 Å². The molecule has 5 nitrogen and oxygen atoms in total. The van der Waals surface area contributed by atoms with Crippen LogP contribution in [0, 0.1) is 11.6 Å². The molecule has 0 aliphatic carbocycles. The van der Waals surface area contributed by atoms with Crippen molar-refractivity contribution in [3.05, 3.63) is 29.3 Å². The number of carbonyl (C=O) groups is 1. The molecule has 0 spiro atoms. The average molecular weight is 360 g/mol. The van der Waals surface area contributed by atoms with Gasteiger partial charge >= 0.3 is 6.09 Å². The van der Waals surface area contributed by atoms with Gasteiger partial charge in [-0.1, -0.05) is 0 Å². The highest BCUT2D eigenvalue weighted by Gasteiger charge is 2.38. The maximum Gasteiger partial charge on any atom is 0.410 e. The number of amides is 1. The molecule has 1 aromatic rings. The first-order valence-corrected chi connectivity index (χ1v) is 8.02. The van der Waals surface area contributed by atoms with Crippen LogP contribution >= 0.6 is 0 Å². The molecule has 0 bridgehead atoms. The fraction of sp³-hybridized carbons (Fsp3) is 0.588. The molecule has 25 heavy (non-hydrogen) atoms. The lowest BCUT2D eigenvalue weighted by Crippen LogP contribution is -2.56. The first kappa shape index (κ1) is 19.4. The summed E-state index contributed by atoms with van der Waals surface area (Å²) in [7, 11) is 1.14. The summed E-state index contributed by atoms with van der Waals surface area (Å²) in [5.41, 5.74) is -0.874. The quantitative estimate of drug-likeness (QED) is 0.899. The van der Waals surface area contributed by atoms with Gasteiger partial charge in [-0.05, 0) is 32.9 Å². The summed E-state index contributed by atoms with van der Waals surface area (Å²) in [6.45, 7) is 6.03. The number of halogens is 3. The van der Waals surface area contributed by atoms with Crippen LogP contribution < -0.4 is 10.1 Å². The highest BCUT2D eigenvalue weighted by Crippen LogP contribution is 2.36. The van der Waals surface area contributed by atoms with Crippen molar-refractivity contribution in [2.75, 3.05) is 26.7 Å². The first-order valence-electron chi connectivity index (χ1n) is 8.02. The van der Waals surface area contributed by atoms with Gasteiger partial charge in [-0.3, -0.25) is 4.90 Å². The van der Waals surface area contributed by atoms with Crippen LogP contribution in [0.15, 0.2) is 12.1 Å². The number of nitrogens with one attached hydrogen (secondary N) is 1. The maximum absolute atomic E-state index is 15.2. The molecule has 1 aliphatic rings. The molecule has 1 aromatic carbocycles. The third kappa shape index (κ3) is 4.36. The number of hydrogen-bond donors (Lipinski definition) is 1. The van der Waals surface area contributed by atoms with Crippen LogP contribution in [0.4, 0.5) is 18.0 Å². The molecule has 1 amide bonds. The summed E-state index contributed by atoms with van der Waals surface area (Å²) in [6, 6.07) is 1.04. The van der Waals surface area contributed by atoms with E-state index in [1.165, 1.54) is 4.90 Å². The minimum atomic E-state index is -1.77. The molecule has 2 atom stereocenters. The highest BCUT2D eigenvalue weighted by molar-refractivity contribution is 5.69. The van der Waals surface area contributed by atoms with Crippen molar-refractivity contribution in [3.8, 4) is 5.75 Å². The molecular formula is C17H23F3N2O3. The van der Waals surface area contributed by atoms with Gasteiger partial charge in [-0.15, -0.1) is 0 Å². The SMILES string of the molecule is COc1c(C(F)C2CNCCN2C(=O)OC(C)(C)C)ccc(F)c1F. The van der Waals surface area contributed by atoms with Gasteiger partial charge in [0.1, 0.15) is 5.60 Å². The van der Waals surface area contributed by atoms with E-state index < -0.39 is 41.3 Å². The van der Waals surface area contributed by atoms with Gasteiger partial charge in [0, 0.05) is 25.2 Å². The number of methoxy groups -OCH3 is 1. The lowest BCUT2D eigenvalue weighted by molar-refractivity contribution is 0.000194. The van der Waals surface area contributed by atoms with E-state index in [4.69, 9.17) is 9.47 Å². The first-order chi connectivity index (χ1) is 11.7. The number of benzene rings is 1. The molecule has 1 aliphatic heterocycles. The Kier molecular flexibility index (Phi) is 5.82. The average Bonchev–Trinajstić information content (AvgIpc) is 2.55. The second kappa shape index (κ2) is 7.51. The van der Waals surface area contributed by atoms with Crippen LogP contribution in [0.25, 0.3) is 0 Å². The second-order valence-corrected chi connectivity index (χ2v) is 6.83. The smallest absolute Gasteiger partial charge is 0.410 e. The minimum absolute atomic E-state index is 0.149. The van der Waals surface area contributed by atoms with E-state index in [0.717, 1.165) is 19.2 Å². The molecular weight excluding hydrogens is 337 g/mol. The van der Waals surface area contributed by atoms with Crippen molar-refractivity contribution in [2.24, 2.45) is 0 Å². The Balaban J connectivity index is 2.31. The lowest BCUT2D eigenvalue weighted by atomic mass is 9.99. The monoisotopic (exact) mass is 360 g/mol. The zero-order valence-corrected chi connectivity index (χ0v) is 14.7. The lowest BCUT2D eigenvalue weighted by Gasteiger charge is -2.38. The Morgan fingerprint density at radius 1 is 1.36 bits per heavy atom. The topological polar surface area (TPSA) is 50.8 Å². The Hall–Kier alpha value is -1.96. The predicted molar refractivity (Wildman–Crippen MR) is 86.4 cm³/mol. The standard InChI is InChI=1S/C17H23F3N2O3/c1-17(2,3)25-16(23)22-8-7-21-9-12(22)13(19)10-5-6-11(18)14(20)15(10)24-4/h5-6,12-13,21H,7-9H2,1-4H3. The summed E-state index contributed by atoms with van der Waals surface area (Å²) >= 11 is 0. The zero-order valence-electron chi connectivity index (χ0n) is 14.7. The molecule has 0 radical (unpaired) electrons. The van der Waals surface area contributed by atoms with Gasteiger partial charge in [0.15, 0.2) is 17.7 Å². The van der Waals surface area contributed by atoms with Crippen LogP contribution in [-0.4, -0.2) is 49.4 Å². The number of nitrogens with zero attached hydrogens (tertiary/aromatic N) is 1. The second-order valence-electron chi connectivity index (χ2n) is 6.83. The van der Waals surface area contributed by atoms with Gasteiger partial charge in [-0.2, -0.15) is 4.39 Å². The van der Waals surface area contributed by atoms with Gasteiger partial charge < -0.3 is 14.8 Å². The Bertz CT molecular complexity index is 634. The minimum Gasteiger partial charge on any atom is -0.493 e. The number of alkyl halides is 1. The Morgan fingerprint density at radius 2 is 2.04 bits per heavy atom.